The summed E-state index contributed by atoms with van der Waals surface area (Å²) < 4.78 is 36.7. The second-order valence-electron chi connectivity index (χ2n) is 9.32. The minimum Gasteiger partial charge on any atom is -0.485 e. The zero-order valence-corrected chi connectivity index (χ0v) is 21.0. The van der Waals surface area contributed by atoms with Crippen molar-refractivity contribution in [2.45, 2.75) is 62.4 Å². The third-order valence-electron chi connectivity index (χ3n) is 6.78. The van der Waals surface area contributed by atoms with Crippen molar-refractivity contribution in [3.8, 4) is 11.8 Å². The summed E-state index contributed by atoms with van der Waals surface area (Å²) >= 11 is 0. The van der Waals surface area contributed by atoms with Gasteiger partial charge in [-0.25, -0.2) is 18.4 Å². The summed E-state index contributed by atoms with van der Waals surface area (Å²) in [4.78, 5) is 7.64. The zero-order chi connectivity index (χ0) is 25.1. The molecule has 1 N–H and O–H groups in total. The fraction of sp³-hybridized carbons (Fsp3) is 0.440. The molecular formula is C25H30N6O3S. The second-order valence-corrected chi connectivity index (χ2v) is 11.0. The molecule has 0 unspecified atom stereocenters. The molecule has 184 valence electrons. The molecule has 35 heavy (non-hydrogen) atoms. The maximum atomic E-state index is 12.9. The summed E-state index contributed by atoms with van der Waals surface area (Å²) in [7, 11) is -2.00. The van der Waals surface area contributed by atoms with E-state index >= 15 is 0 Å². The molecule has 0 bridgehead atoms. The van der Waals surface area contributed by atoms with Gasteiger partial charge >= 0.3 is 0 Å². The number of benzene rings is 1. The average Bonchev–Trinajstić information content (AvgIpc) is 3.23. The van der Waals surface area contributed by atoms with Crippen LogP contribution in [-0.4, -0.2) is 33.8 Å². The molecule has 9 nitrogen and oxygen atoms in total. The van der Waals surface area contributed by atoms with E-state index in [2.05, 4.69) is 39.7 Å². The van der Waals surface area contributed by atoms with E-state index in [0.717, 1.165) is 31.4 Å². The molecule has 1 aromatic carbocycles. The van der Waals surface area contributed by atoms with E-state index in [1.165, 1.54) is 37.1 Å². The lowest BCUT2D eigenvalue weighted by molar-refractivity contribution is 0.0164. The molecule has 0 radical (unpaired) electrons. The van der Waals surface area contributed by atoms with Gasteiger partial charge in [-0.1, -0.05) is 19.8 Å². The number of hydrogen-bond donors (Lipinski definition) is 1. The molecular weight excluding hydrogens is 464 g/mol. The summed E-state index contributed by atoms with van der Waals surface area (Å²) in [5, 5.41) is 14.3. The topological polar surface area (TPSA) is 123 Å². The molecule has 1 fully saturated rings. The van der Waals surface area contributed by atoms with Crippen molar-refractivity contribution >= 4 is 15.8 Å². The van der Waals surface area contributed by atoms with Crippen LogP contribution in [-0.2, 0) is 17.1 Å². The smallest absolute Gasteiger partial charge is 0.263 e. The van der Waals surface area contributed by atoms with Crippen LogP contribution in [0.15, 0.2) is 53.9 Å². The van der Waals surface area contributed by atoms with Crippen molar-refractivity contribution in [2.24, 2.45) is 13.0 Å². The van der Waals surface area contributed by atoms with Gasteiger partial charge in [0.2, 0.25) is 0 Å². The first-order chi connectivity index (χ1) is 16.7. The van der Waals surface area contributed by atoms with Crippen molar-refractivity contribution in [3.63, 3.8) is 0 Å². The first-order valence-electron chi connectivity index (χ1n) is 11.7. The highest BCUT2D eigenvalue weighted by Crippen LogP contribution is 2.45. The van der Waals surface area contributed by atoms with E-state index in [9.17, 15) is 13.7 Å². The minimum absolute atomic E-state index is 0.0422. The van der Waals surface area contributed by atoms with Crippen LogP contribution in [0.2, 0.25) is 0 Å². The normalized spacial score (nSPS) is 23.0. The molecule has 1 saturated carbocycles. The summed E-state index contributed by atoms with van der Waals surface area (Å²) in [6, 6.07) is 9.97. The Morgan fingerprint density at radius 2 is 2.03 bits per heavy atom. The monoisotopic (exact) mass is 494 g/mol. The van der Waals surface area contributed by atoms with Crippen molar-refractivity contribution in [1.82, 2.24) is 19.7 Å². The van der Waals surface area contributed by atoms with Gasteiger partial charge in [-0.05, 0) is 62.4 Å². The predicted molar refractivity (Wildman–Crippen MR) is 131 cm³/mol. The van der Waals surface area contributed by atoms with Gasteiger partial charge in [0.15, 0.2) is 0 Å². The lowest BCUT2D eigenvalue weighted by Gasteiger charge is -2.43. The molecule has 1 aliphatic rings. The number of hydrogen-bond acceptors (Lipinski definition) is 7. The van der Waals surface area contributed by atoms with Crippen LogP contribution in [0.1, 0.15) is 63.1 Å². The van der Waals surface area contributed by atoms with Gasteiger partial charge in [0, 0.05) is 31.1 Å². The van der Waals surface area contributed by atoms with E-state index in [0.29, 0.717) is 11.7 Å². The molecule has 4 rings (SSSR count). The number of aryl methyl sites for hydroxylation is 1. The second kappa shape index (κ2) is 10.0. The number of rotatable bonds is 6. The van der Waals surface area contributed by atoms with E-state index in [-0.39, 0.29) is 22.2 Å². The maximum absolute atomic E-state index is 12.9. The van der Waals surface area contributed by atoms with Crippen LogP contribution in [0.5, 0.6) is 5.75 Å². The van der Waals surface area contributed by atoms with Gasteiger partial charge in [-0.15, -0.1) is 0 Å². The van der Waals surface area contributed by atoms with Crippen LogP contribution in [0.25, 0.3) is 0 Å². The van der Waals surface area contributed by atoms with Gasteiger partial charge in [-0.3, -0.25) is 9.40 Å². The Morgan fingerprint density at radius 1 is 1.20 bits per heavy atom. The Hall–Kier alpha value is -3.45. The van der Waals surface area contributed by atoms with Crippen LogP contribution >= 0.6 is 0 Å². The highest BCUT2D eigenvalue weighted by Gasteiger charge is 2.43. The van der Waals surface area contributed by atoms with Crippen LogP contribution in [0, 0.1) is 17.2 Å². The highest BCUT2D eigenvalue weighted by atomic mass is 32.2. The Morgan fingerprint density at radius 3 is 2.71 bits per heavy atom. The standard InChI is InChI=1S/C25H30N6O3S/c1-18-7-5-4-6-12-25(2,24(18)21-10-14-29-31(21)3)34-22-9-8-20(15-19(22)16-26)35(32,33)30-23-11-13-27-17-28-23/h8-11,13-15,17-18,24H,4-7,12H2,1-3H3,(H,27,28,30)/t18-,24+,25+/m0/s1. The van der Waals surface area contributed by atoms with E-state index < -0.39 is 15.6 Å². The van der Waals surface area contributed by atoms with E-state index in [4.69, 9.17) is 4.74 Å². The third-order valence-corrected chi connectivity index (χ3v) is 8.14. The highest BCUT2D eigenvalue weighted by molar-refractivity contribution is 7.92. The SMILES string of the molecule is C[C@H]1CCCCC[C@@](C)(Oc2ccc(S(=O)(=O)Nc3ccncn3)cc2C#N)[C@H]1c1ccnn1C. The quantitative estimate of drug-likeness (QED) is 0.538. The number of nitrogens with zero attached hydrogens (tertiary/aromatic N) is 5. The van der Waals surface area contributed by atoms with Gasteiger partial charge < -0.3 is 4.74 Å². The molecule has 0 aliphatic heterocycles. The number of nitrogens with one attached hydrogen (secondary N) is 1. The summed E-state index contributed by atoms with van der Waals surface area (Å²) in [6.07, 6.45) is 9.68. The molecule has 2 heterocycles. The first kappa shape index (κ1) is 24.7. The summed E-state index contributed by atoms with van der Waals surface area (Å²) in [6.45, 7) is 4.33. The molecule has 10 heteroatoms. The average molecular weight is 495 g/mol. The minimum atomic E-state index is -3.94. The van der Waals surface area contributed by atoms with Crippen molar-refractivity contribution in [1.29, 1.82) is 5.26 Å². The fourth-order valence-corrected chi connectivity index (χ4v) is 6.14. The van der Waals surface area contributed by atoms with Gasteiger partial charge in [0.05, 0.1) is 10.5 Å². The van der Waals surface area contributed by atoms with Gasteiger partial charge in [0.1, 0.15) is 29.6 Å². The molecule has 3 aromatic rings. The Kier molecular flexibility index (Phi) is 7.08. The molecule has 0 saturated heterocycles. The number of sulfonamides is 1. The number of ether oxygens (including phenoxy) is 1. The number of nitriles is 1. The van der Waals surface area contributed by atoms with Gasteiger partial charge in [-0.2, -0.15) is 10.4 Å². The fourth-order valence-electron chi connectivity index (χ4n) is 5.10. The zero-order valence-electron chi connectivity index (χ0n) is 20.2. The third kappa shape index (κ3) is 5.30. The summed E-state index contributed by atoms with van der Waals surface area (Å²) in [5.41, 5.74) is 0.655. The molecule has 0 spiro atoms. The van der Waals surface area contributed by atoms with E-state index in [1.54, 1.807) is 12.3 Å². The lowest BCUT2D eigenvalue weighted by atomic mass is 9.71. The number of aromatic nitrogens is 4. The molecule has 2 aromatic heterocycles. The Bertz CT molecular complexity index is 1320. The van der Waals surface area contributed by atoms with Gasteiger partial charge in [0.25, 0.3) is 10.0 Å². The van der Waals surface area contributed by atoms with Crippen molar-refractivity contribution in [2.75, 3.05) is 4.72 Å². The number of anilines is 1. The lowest BCUT2D eigenvalue weighted by Crippen LogP contribution is -2.44. The molecule has 0 amide bonds. The van der Waals surface area contributed by atoms with Crippen molar-refractivity contribution < 1.29 is 13.2 Å². The largest absolute Gasteiger partial charge is 0.485 e. The van der Waals surface area contributed by atoms with Crippen LogP contribution in [0.3, 0.4) is 0 Å². The van der Waals surface area contributed by atoms with Crippen LogP contribution in [0.4, 0.5) is 5.82 Å². The van der Waals surface area contributed by atoms with Crippen molar-refractivity contribution in [3.05, 3.63) is 60.3 Å². The Labute approximate surface area is 206 Å². The maximum Gasteiger partial charge on any atom is 0.263 e. The summed E-state index contributed by atoms with van der Waals surface area (Å²) in [5.74, 6) is 0.924. The van der Waals surface area contributed by atoms with Crippen LogP contribution < -0.4 is 9.46 Å². The first-order valence-corrected chi connectivity index (χ1v) is 13.2. The molecule has 1 aliphatic carbocycles. The van der Waals surface area contributed by atoms with E-state index in [1.807, 2.05) is 17.8 Å². The Balaban J connectivity index is 1.68. The predicted octanol–water partition coefficient (Wildman–Crippen LogP) is 4.40. The molecule has 3 atom stereocenters.